The molecule has 1 atom stereocenters. The second-order valence-corrected chi connectivity index (χ2v) is 4.56. The van der Waals surface area contributed by atoms with Gasteiger partial charge in [-0.1, -0.05) is 6.07 Å². The number of carbonyl (C=O) groups is 1. The molecule has 5 heteroatoms. The van der Waals surface area contributed by atoms with Crippen molar-refractivity contribution in [2.75, 3.05) is 13.7 Å². The van der Waals surface area contributed by atoms with Crippen LogP contribution in [0.25, 0.3) is 0 Å². The van der Waals surface area contributed by atoms with E-state index in [9.17, 15) is 4.79 Å². The maximum Gasteiger partial charge on any atom is 0.220 e. The van der Waals surface area contributed by atoms with Crippen LogP contribution in [0.2, 0.25) is 0 Å². The zero-order chi connectivity index (χ0) is 13.0. The summed E-state index contributed by atoms with van der Waals surface area (Å²) in [5, 5.41) is 6.25. The molecule has 0 aliphatic carbocycles. The van der Waals surface area contributed by atoms with E-state index in [-0.39, 0.29) is 11.9 Å². The van der Waals surface area contributed by atoms with Gasteiger partial charge in [0, 0.05) is 36.8 Å². The molecule has 1 saturated heterocycles. The van der Waals surface area contributed by atoms with Gasteiger partial charge in [0.1, 0.15) is 0 Å². The van der Waals surface area contributed by atoms with Crippen molar-refractivity contribution in [2.45, 2.75) is 32.4 Å². The first kappa shape index (κ1) is 12.8. The average Bonchev–Trinajstić information content (AvgIpc) is 2.77. The highest BCUT2D eigenvalue weighted by Crippen LogP contribution is 2.15. The van der Waals surface area contributed by atoms with Crippen molar-refractivity contribution < 1.29 is 9.53 Å². The molecule has 0 aromatic carbocycles. The van der Waals surface area contributed by atoms with Gasteiger partial charge in [-0.05, 0) is 19.4 Å². The monoisotopic (exact) mass is 249 g/mol. The highest BCUT2D eigenvalue weighted by Gasteiger charge is 2.19. The molecule has 1 amide bonds. The van der Waals surface area contributed by atoms with Crippen LogP contribution in [0.4, 0.5) is 0 Å². The molecule has 1 aliphatic rings. The molecule has 1 aliphatic heterocycles. The van der Waals surface area contributed by atoms with Crippen LogP contribution in [-0.2, 0) is 11.3 Å². The van der Waals surface area contributed by atoms with E-state index < -0.39 is 0 Å². The first-order valence-corrected chi connectivity index (χ1v) is 6.19. The van der Waals surface area contributed by atoms with Crippen LogP contribution < -0.4 is 15.4 Å². The van der Waals surface area contributed by atoms with E-state index in [1.165, 1.54) is 0 Å². The Kier molecular flexibility index (Phi) is 4.15. The normalized spacial score (nSPS) is 18.8. The van der Waals surface area contributed by atoms with E-state index in [1.807, 2.05) is 19.1 Å². The minimum absolute atomic E-state index is 0.149. The predicted molar refractivity (Wildman–Crippen MR) is 68.4 cm³/mol. The second kappa shape index (κ2) is 5.82. The molecule has 1 aromatic heterocycles. The van der Waals surface area contributed by atoms with E-state index in [0.29, 0.717) is 18.8 Å². The van der Waals surface area contributed by atoms with Gasteiger partial charge in [0.25, 0.3) is 0 Å². The molecule has 0 bridgehead atoms. The van der Waals surface area contributed by atoms with E-state index in [1.54, 1.807) is 7.11 Å². The summed E-state index contributed by atoms with van der Waals surface area (Å²) < 4.78 is 5.24. The van der Waals surface area contributed by atoms with Crippen LogP contribution >= 0.6 is 0 Å². The number of pyridine rings is 1. The molecule has 18 heavy (non-hydrogen) atoms. The summed E-state index contributed by atoms with van der Waals surface area (Å²) in [7, 11) is 1.63. The van der Waals surface area contributed by atoms with Crippen molar-refractivity contribution in [1.82, 2.24) is 15.6 Å². The number of hydrogen-bond acceptors (Lipinski definition) is 4. The number of amides is 1. The lowest BCUT2D eigenvalue weighted by Crippen LogP contribution is -2.35. The summed E-state index contributed by atoms with van der Waals surface area (Å²) in [5.41, 5.74) is 1.98. The maximum absolute atomic E-state index is 11.1. The summed E-state index contributed by atoms with van der Waals surface area (Å²) >= 11 is 0. The van der Waals surface area contributed by atoms with Crippen molar-refractivity contribution in [3.05, 3.63) is 23.4 Å². The number of hydrogen-bond donors (Lipinski definition) is 2. The second-order valence-electron chi connectivity index (χ2n) is 4.56. The van der Waals surface area contributed by atoms with Crippen LogP contribution in [0.1, 0.15) is 24.1 Å². The zero-order valence-electron chi connectivity index (χ0n) is 10.8. The number of nitrogens with zero attached hydrogens (tertiary/aromatic N) is 1. The van der Waals surface area contributed by atoms with E-state index in [0.717, 1.165) is 24.2 Å². The van der Waals surface area contributed by atoms with Crippen molar-refractivity contribution in [1.29, 1.82) is 0 Å². The zero-order valence-corrected chi connectivity index (χ0v) is 10.8. The quantitative estimate of drug-likeness (QED) is 0.809. The average molecular weight is 249 g/mol. The van der Waals surface area contributed by atoms with Gasteiger partial charge >= 0.3 is 0 Å². The molecule has 2 rings (SSSR count). The number of aryl methyl sites for hydroxylation is 1. The van der Waals surface area contributed by atoms with Crippen LogP contribution in [0.3, 0.4) is 0 Å². The van der Waals surface area contributed by atoms with Gasteiger partial charge in [0.05, 0.1) is 7.11 Å². The van der Waals surface area contributed by atoms with Crippen LogP contribution in [0.5, 0.6) is 5.88 Å². The first-order valence-electron chi connectivity index (χ1n) is 6.19. The fourth-order valence-electron chi connectivity index (χ4n) is 2.08. The lowest BCUT2D eigenvalue weighted by molar-refractivity contribution is -0.119. The fraction of sp³-hybridized carbons (Fsp3) is 0.538. The summed E-state index contributed by atoms with van der Waals surface area (Å²) in [6.45, 7) is 3.42. The third-order valence-electron chi connectivity index (χ3n) is 3.06. The highest BCUT2D eigenvalue weighted by atomic mass is 16.5. The van der Waals surface area contributed by atoms with Crippen LogP contribution in [-0.4, -0.2) is 30.6 Å². The SMILES string of the molecule is COc1nc(C)ccc1CNCC1CCC(=O)N1. The Bertz CT molecular complexity index is 434. The summed E-state index contributed by atoms with van der Waals surface area (Å²) in [6.07, 6.45) is 1.55. The van der Waals surface area contributed by atoms with Crippen molar-refractivity contribution in [3.63, 3.8) is 0 Å². The molecule has 0 radical (unpaired) electrons. The minimum Gasteiger partial charge on any atom is -0.481 e. The van der Waals surface area contributed by atoms with Crippen molar-refractivity contribution in [2.24, 2.45) is 0 Å². The van der Waals surface area contributed by atoms with E-state index in [4.69, 9.17) is 4.74 Å². The van der Waals surface area contributed by atoms with Crippen molar-refractivity contribution in [3.8, 4) is 5.88 Å². The summed E-state index contributed by atoms with van der Waals surface area (Å²) in [4.78, 5) is 15.4. The number of aromatic nitrogens is 1. The third kappa shape index (κ3) is 3.20. The molecule has 2 N–H and O–H groups in total. The number of methoxy groups -OCH3 is 1. The largest absolute Gasteiger partial charge is 0.481 e. The first-order chi connectivity index (χ1) is 8.69. The smallest absolute Gasteiger partial charge is 0.220 e. The molecular weight excluding hydrogens is 230 g/mol. The Morgan fingerprint density at radius 1 is 1.56 bits per heavy atom. The number of nitrogens with one attached hydrogen (secondary N) is 2. The molecule has 5 nitrogen and oxygen atoms in total. The maximum atomic E-state index is 11.1. The minimum atomic E-state index is 0.149. The highest BCUT2D eigenvalue weighted by molar-refractivity contribution is 5.78. The standard InChI is InChI=1S/C13H19N3O2/c1-9-3-4-10(13(15-9)18-2)7-14-8-11-5-6-12(17)16-11/h3-4,11,14H,5-8H2,1-2H3,(H,16,17). The lowest BCUT2D eigenvalue weighted by Gasteiger charge is -2.13. The topological polar surface area (TPSA) is 63.2 Å². The molecule has 1 unspecified atom stereocenters. The van der Waals surface area contributed by atoms with Gasteiger partial charge in [-0.25, -0.2) is 4.98 Å². The van der Waals surface area contributed by atoms with Gasteiger partial charge in [0.2, 0.25) is 11.8 Å². The third-order valence-corrected chi connectivity index (χ3v) is 3.06. The molecule has 1 aromatic rings. The van der Waals surface area contributed by atoms with Crippen LogP contribution in [0, 0.1) is 6.92 Å². The van der Waals surface area contributed by atoms with Gasteiger partial charge in [0.15, 0.2) is 0 Å². The van der Waals surface area contributed by atoms with Crippen LogP contribution in [0.15, 0.2) is 12.1 Å². The van der Waals surface area contributed by atoms with E-state index in [2.05, 4.69) is 15.6 Å². The molecule has 0 saturated carbocycles. The van der Waals surface area contributed by atoms with Gasteiger partial charge in [-0.2, -0.15) is 0 Å². The number of carbonyl (C=O) groups excluding carboxylic acids is 1. The number of ether oxygens (including phenoxy) is 1. The van der Waals surface area contributed by atoms with Gasteiger partial charge in [-0.3, -0.25) is 4.79 Å². The molecule has 2 heterocycles. The molecule has 98 valence electrons. The lowest BCUT2D eigenvalue weighted by atomic mass is 10.2. The Balaban J connectivity index is 1.84. The Morgan fingerprint density at radius 3 is 3.06 bits per heavy atom. The van der Waals surface area contributed by atoms with Gasteiger partial charge < -0.3 is 15.4 Å². The summed E-state index contributed by atoms with van der Waals surface area (Å²) in [6, 6.07) is 4.24. The Hall–Kier alpha value is -1.62. The Morgan fingerprint density at radius 2 is 2.39 bits per heavy atom. The Labute approximate surface area is 107 Å². The molecular formula is C13H19N3O2. The summed E-state index contributed by atoms with van der Waals surface area (Å²) in [5.74, 6) is 0.814. The molecule has 0 spiro atoms. The predicted octanol–water partition coefficient (Wildman–Crippen LogP) is 0.767. The van der Waals surface area contributed by atoms with E-state index >= 15 is 0 Å². The van der Waals surface area contributed by atoms with Crippen molar-refractivity contribution >= 4 is 5.91 Å². The number of rotatable bonds is 5. The van der Waals surface area contributed by atoms with Gasteiger partial charge in [-0.15, -0.1) is 0 Å². The fourth-order valence-corrected chi connectivity index (χ4v) is 2.08. The molecule has 1 fully saturated rings.